The van der Waals surface area contributed by atoms with E-state index in [2.05, 4.69) is 38.3 Å². The zero-order valence-corrected chi connectivity index (χ0v) is 21.6. The van der Waals surface area contributed by atoms with Gasteiger partial charge in [0.25, 0.3) is 0 Å². The molecule has 8 heteroatoms. The third kappa shape index (κ3) is 3.95. The summed E-state index contributed by atoms with van der Waals surface area (Å²) in [4.78, 5) is 42.3. The Balaban J connectivity index is 2.06. The van der Waals surface area contributed by atoms with E-state index in [1.165, 1.54) is 0 Å². The average Bonchev–Trinajstić information content (AvgIpc) is 3.24. The lowest BCUT2D eigenvalue weighted by Crippen LogP contribution is -2.61. The van der Waals surface area contributed by atoms with Gasteiger partial charge in [0.1, 0.15) is 6.04 Å². The van der Waals surface area contributed by atoms with Crippen LogP contribution in [0, 0.1) is 23.2 Å². The summed E-state index contributed by atoms with van der Waals surface area (Å²) in [7, 11) is 1.61. The summed E-state index contributed by atoms with van der Waals surface area (Å²) in [5.74, 6) is -1.30. The van der Waals surface area contributed by atoms with Crippen LogP contribution in [0.3, 0.4) is 0 Å². The van der Waals surface area contributed by atoms with Crippen LogP contribution in [-0.2, 0) is 14.4 Å². The highest BCUT2D eigenvalue weighted by Crippen LogP contribution is 2.68. The molecule has 3 heterocycles. The Morgan fingerprint density at radius 1 is 1.25 bits per heavy atom. The average molecular weight is 468 g/mol. The Hall–Kier alpha value is -1.28. The lowest BCUT2D eigenvalue weighted by molar-refractivity contribution is -0.143. The van der Waals surface area contributed by atoms with Crippen molar-refractivity contribution in [3.63, 3.8) is 0 Å². The van der Waals surface area contributed by atoms with Gasteiger partial charge in [0.05, 0.1) is 29.2 Å². The fourth-order valence-corrected chi connectivity index (χ4v) is 9.21. The summed E-state index contributed by atoms with van der Waals surface area (Å²) in [6.45, 7) is 14.3. The molecule has 1 spiro atoms. The van der Waals surface area contributed by atoms with E-state index >= 15 is 0 Å². The standard InChI is InChI=1S/C24H41N3O4S/c1-9-14(11-28)27-18(20(30)26-23(6,7)12-22(3,4)5)24-13(2)10-15(32-24)16(19(29)25-8)17(24)21(27)31/h13-18,28H,9-12H2,1-8H3,(H,25,29)(H,26,30)/t13?,14-,15+,16-,17-,18?,24?/m0/s1. The number of carbonyl (C=O) groups excluding carboxylic acids is 3. The van der Waals surface area contributed by atoms with Gasteiger partial charge in [0.2, 0.25) is 17.7 Å². The van der Waals surface area contributed by atoms with Crippen LogP contribution in [0.2, 0.25) is 0 Å². The maximum absolute atomic E-state index is 14.0. The molecule has 0 saturated carbocycles. The second kappa shape index (κ2) is 8.49. The van der Waals surface area contributed by atoms with Crippen LogP contribution in [0.15, 0.2) is 0 Å². The Labute approximate surface area is 196 Å². The molecule has 7 nitrogen and oxygen atoms in total. The third-order valence-electron chi connectivity index (χ3n) is 7.49. The lowest BCUT2D eigenvalue weighted by Gasteiger charge is -2.42. The predicted molar refractivity (Wildman–Crippen MR) is 127 cm³/mol. The van der Waals surface area contributed by atoms with Gasteiger partial charge in [-0.3, -0.25) is 14.4 Å². The van der Waals surface area contributed by atoms with Gasteiger partial charge in [0.15, 0.2) is 0 Å². The van der Waals surface area contributed by atoms with E-state index in [9.17, 15) is 19.5 Å². The van der Waals surface area contributed by atoms with Crippen molar-refractivity contribution in [3.05, 3.63) is 0 Å². The number of hydrogen-bond acceptors (Lipinski definition) is 5. The van der Waals surface area contributed by atoms with Gasteiger partial charge in [-0.25, -0.2) is 0 Å². The van der Waals surface area contributed by atoms with Crippen molar-refractivity contribution in [1.82, 2.24) is 15.5 Å². The fourth-order valence-electron chi connectivity index (χ4n) is 6.80. The Bertz CT molecular complexity index is 776. The first-order valence-electron chi connectivity index (χ1n) is 11.9. The molecule has 3 aliphatic rings. The normalized spacial score (nSPS) is 35.1. The number of likely N-dealkylation sites (tertiary alicyclic amines) is 1. The van der Waals surface area contributed by atoms with Crippen LogP contribution >= 0.6 is 11.8 Å². The van der Waals surface area contributed by atoms with Gasteiger partial charge in [0, 0.05) is 17.8 Å². The minimum Gasteiger partial charge on any atom is -0.394 e. The number of carbonyl (C=O) groups is 3. The number of nitrogens with one attached hydrogen (secondary N) is 2. The van der Waals surface area contributed by atoms with Gasteiger partial charge < -0.3 is 20.6 Å². The SMILES string of the molecule is CC[C@@H](CO)N1C(=O)[C@@H]2[C@@H](C(=O)NC)[C@H]3CC(C)C2(S3)C1C(=O)NC(C)(C)CC(C)(C)C. The molecular formula is C24H41N3O4S. The van der Waals surface area contributed by atoms with Crippen LogP contribution in [0.4, 0.5) is 0 Å². The van der Waals surface area contributed by atoms with Crippen molar-refractivity contribution in [3.8, 4) is 0 Å². The molecule has 0 radical (unpaired) electrons. The van der Waals surface area contributed by atoms with Crippen molar-refractivity contribution >= 4 is 29.5 Å². The van der Waals surface area contributed by atoms with E-state index in [0.29, 0.717) is 6.42 Å². The molecule has 3 unspecified atom stereocenters. The fraction of sp³-hybridized carbons (Fsp3) is 0.875. The Kier molecular flexibility index (Phi) is 6.73. The minimum absolute atomic E-state index is 0.0258. The molecule has 3 N–H and O–H groups in total. The molecular weight excluding hydrogens is 426 g/mol. The number of rotatable bonds is 7. The van der Waals surface area contributed by atoms with Crippen LogP contribution in [-0.4, -0.2) is 69.0 Å². The van der Waals surface area contributed by atoms with E-state index < -0.39 is 34.2 Å². The number of aliphatic hydroxyl groups is 1. The van der Waals surface area contributed by atoms with Gasteiger partial charge in [-0.15, -0.1) is 11.8 Å². The summed E-state index contributed by atoms with van der Waals surface area (Å²) in [6, 6.07) is -1.14. The van der Waals surface area contributed by atoms with Crippen molar-refractivity contribution in [2.45, 2.75) is 95.3 Å². The summed E-state index contributed by atoms with van der Waals surface area (Å²) in [5.41, 5.74) is -0.428. The maximum Gasteiger partial charge on any atom is 0.244 e. The highest BCUT2D eigenvalue weighted by Gasteiger charge is 2.76. The van der Waals surface area contributed by atoms with Crippen molar-refractivity contribution in [2.75, 3.05) is 13.7 Å². The molecule has 3 aliphatic heterocycles. The number of hydrogen-bond donors (Lipinski definition) is 3. The molecule has 0 aromatic rings. The molecule has 3 fully saturated rings. The molecule has 2 bridgehead atoms. The van der Waals surface area contributed by atoms with E-state index in [4.69, 9.17) is 0 Å². The second-order valence-electron chi connectivity index (χ2n) is 11.8. The van der Waals surface area contributed by atoms with Gasteiger partial charge in [-0.1, -0.05) is 34.6 Å². The molecule has 3 saturated heterocycles. The molecule has 3 amide bonds. The van der Waals surface area contributed by atoms with Crippen molar-refractivity contribution in [1.29, 1.82) is 0 Å². The summed E-state index contributed by atoms with van der Waals surface area (Å²) >= 11 is 1.67. The van der Waals surface area contributed by atoms with Gasteiger partial charge in [-0.05, 0) is 44.4 Å². The molecule has 182 valence electrons. The highest BCUT2D eigenvalue weighted by atomic mass is 32.2. The second-order valence-corrected chi connectivity index (χ2v) is 13.3. The van der Waals surface area contributed by atoms with Crippen molar-refractivity contribution < 1.29 is 19.5 Å². The molecule has 0 aromatic heterocycles. The first-order chi connectivity index (χ1) is 14.7. The van der Waals surface area contributed by atoms with Crippen molar-refractivity contribution in [2.24, 2.45) is 23.2 Å². The number of thioether (sulfide) groups is 1. The zero-order valence-electron chi connectivity index (χ0n) is 20.8. The third-order valence-corrected chi connectivity index (χ3v) is 9.57. The number of aliphatic hydroxyl groups excluding tert-OH is 1. The smallest absolute Gasteiger partial charge is 0.244 e. The zero-order chi connectivity index (χ0) is 24.2. The van der Waals surface area contributed by atoms with E-state index in [1.807, 2.05) is 20.8 Å². The van der Waals surface area contributed by atoms with Gasteiger partial charge in [-0.2, -0.15) is 0 Å². The number of nitrogens with zero attached hydrogens (tertiary/aromatic N) is 1. The van der Waals surface area contributed by atoms with Crippen LogP contribution < -0.4 is 10.6 Å². The predicted octanol–water partition coefficient (Wildman–Crippen LogP) is 2.17. The molecule has 32 heavy (non-hydrogen) atoms. The van der Waals surface area contributed by atoms with E-state index in [0.717, 1.165) is 12.8 Å². The van der Waals surface area contributed by atoms with E-state index in [1.54, 1.807) is 23.7 Å². The lowest BCUT2D eigenvalue weighted by atomic mass is 9.65. The monoisotopic (exact) mass is 467 g/mol. The first-order valence-corrected chi connectivity index (χ1v) is 12.8. The number of fused-ring (bicyclic) bond motifs is 1. The van der Waals surface area contributed by atoms with Gasteiger partial charge >= 0.3 is 0 Å². The minimum atomic E-state index is -0.698. The quantitative estimate of drug-likeness (QED) is 0.533. The molecule has 0 aromatic carbocycles. The summed E-state index contributed by atoms with van der Waals surface area (Å²) in [6.07, 6.45) is 2.14. The highest BCUT2D eigenvalue weighted by molar-refractivity contribution is 8.02. The first kappa shape index (κ1) is 25.3. The van der Waals surface area contributed by atoms with Crippen LogP contribution in [0.25, 0.3) is 0 Å². The Morgan fingerprint density at radius 2 is 1.88 bits per heavy atom. The largest absolute Gasteiger partial charge is 0.394 e. The molecule has 7 atom stereocenters. The summed E-state index contributed by atoms with van der Waals surface area (Å²) in [5, 5.41) is 16.1. The van der Waals surface area contributed by atoms with Crippen LogP contribution in [0.1, 0.15) is 67.7 Å². The molecule has 0 aliphatic carbocycles. The summed E-state index contributed by atoms with van der Waals surface area (Å²) < 4.78 is -0.649. The topological polar surface area (TPSA) is 98.7 Å². The van der Waals surface area contributed by atoms with Crippen LogP contribution in [0.5, 0.6) is 0 Å². The molecule has 3 rings (SSSR count). The maximum atomic E-state index is 14.0. The Morgan fingerprint density at radius 3 is 2.38 bits per heavy atom. The number of amides is 3. The van der Waals surface area contributed by atoms with E-state index in [-0.39, 0.29) is 40.9 Å².